The monoisotopic (exact) mass is 221 g/mol. The van der Waals surface area contributed by atoms with Crippen LogP contribution >= 0.6 is 0 Å². The first-order valence-corrected chi connectivity index (χ1v) is 5.26. The largest absolute Gasteiger partial charge is 0.388 e. The van der Waals surface area contributed by atoms with E-state index in [0.29, 0.717) is 18.1 Å². The molecule has 86 valence electrons. The van der Waals surface area contributed by atoms with Gasteiger partial charge >= 0.3 is 0 Å². The molecule has 0 fully saturated rings. The third-order valence-electron chi connectivity index (χ3n) is 2.48. The molecule has 0 aliphatic carbocycles. The fourth-order valence-electron chi connectivity index (χ4n) is 1.74. The fourth-order valence-corrected chi connectivity index (χ4v) is 1.74. The topological polar surface area (TPSA) is 60.2 Å². The lowest BCUT2D eigenvalue weighted by molar-refractivity contribution is 0.189. The van der Waals surface area contributed by atoms with E-state index in [-0.39, 0.29) is 6.61 Å². The molecule has 16 heavy (non-hydrogen) atoms. The molecule has 0 saturated carbocycles. The minimum atomic E-state index is -0.0661. The highest BCUT2D eigenvalue weighted by atomic mass is 16.5. The van der Waals surface area contributed by atoms with Crippen molar-refractivity contribution in [3.63, 3.8) is 0 Å². The Hall–Kier alpha value is -1.46. The zero-order valence-electron chi connectivity index (χ0n) is 9.26. The molecule has 2 aromatic rings. The van der Waals surface area contributed by atoms with Crippen LogP contribution in [0.5, 0.6) is 0 Å². The Morgan fingerprint density at radius 2 is 2.38 bits per heavy atom. The van der Waals surface area contributed by atoms with Gasteiger partial charge in [-0.25, -0.2) is 9.97 Å². The van der Waals surface area contributed by atoms with Crippen LogP contribution in [0.15, 0.2) is 18.3 Å². The first-order chi connectivity index (χ1) is 7.86. The highest BCUT2D eigenvalue weighted by Gasteiger charge is 2.09. The predicted octanol–water partition coefficient (Wildman–Crippen LogP) is 0.960. The maximum atomic E-state index is 9.23. The standard InChI is InChI=1S/C11H15N3O2/c1-16-7-3-6-14-9-4-2-5-12-11(9)13-10(14)8-15/h2,4-5,15H,3,6-8H2,1H3. The molecule has 0 amide bonds. The summed E-state index contributed by atoms with van der Waals surface area (Å²) in [6, 6.07) is 3.83. The molecule has 0 saturated heterocycles. The molecule has 2 rings (SSSR count). The molecular formula is C11H15N3O2. The average Bonchev–Trinajstić information content (AvgIpc) is 2.68. The second kappa shape index (κ2) is 5.05. The van der Waals surface area contributed by atoms with Crippen LogP contribution in [-0.4, -0.2) is 33.4 Å². The van der Waals surface area contributed by atoms with E-state index in [0.717, 1.165) is 18.5 Å². The van der Waals surface area contributed by atoms with Crippen LogP contribution in [0, 0.1) is 0 Å². The lowest BCUT2D eigenvalue weighted by Gasteiger charge is -2.06. The zero-order chi connectivity index (χ0) is 11.4. The van der Waals surface area contributed by atoms with Gasteiger partial charge in [-0.05, 0) is 18.6 Å². The van der Waals surface area contributed by atoms with Gasteiger partial charge in [-0.2, -0.15) is 0 Å². The highest BCUT2D eigenvalue weighted by molar-refractivity contribution is 5.71. The fraction of sp³-hybridized carbons (Fsp3) is 0.455. The van der Waals surface area contributed by atoms with Crippen molar-refractivity contribution in [3.05, 3.63) is 24.2 Å². The van der Waals surface area contributed by atoms with Crippen molar-refractivity contribution in [2.45, 2.75) is 19.6 Å². The number of pyridine rings is 1. The summed E-state index contributed by atoms with van der Waals surface area (Å²) < 4.78 is 7.00. The van der Waals surface area contributed by atoms with Crippen molar-refractivity contribution < 1.29 is 9.84 Å². The van der Waals surface area contributed by atoms with Crippen molar-refractivity contribution in [3.8, 4) is 0 Å². The Labute approximate surface area is 93.7 Å². The van der Waals surface area contributed by atoms with Crippen LogP contribution < -0.4 is 0 Å². The Balaban J connectivity index is 2.32. The zero-order valence-corrected chi connectivity index (χ0v) is 9.26. The maximum Gasteiger partial charge on any atom is 0.177 e. The molecule has 2 heterocycles. The summed E-state index contributed by atoms with van der Waals surface area (Å²) in [4.78, 5) is 8.44. The van der Waals surface area contributed by atoms with Crippen LogP contribution in [0.2, 0.25) is 0 Å². The summed E-state index contributed by atoms with van der Waals surface area (Å²) in [7, 11) is 1.68. The Kier molecular flexibility index (Phi) is 3.48. The van der Waals surface area contributed by atoms with Crippen molar-refractivity contribution in [1.29, 1.82) is 0 Å². The number of nitrogens with zero attached hydrogens (tertiary/aromatic N) is 3. The Bertz CT molecular complexity index is 467. The van der Waals surface area contributed by atoms with Crippen molar-refractivity contribution >= 4 is 11.2 Å². The molecule has 0 aliphatic heterocycles. The van der Waals surface area contributed by atoms with Gasteiger partial charge in [0.1, 0.15) is 12.4 Å². The van der Waals surface area contributed by atoms with E-state index in [1.165, 1.54) is 0 Å². The number of ether oxygens (including phenoxy) is 1. The second-order valence-corrected chi connectivity index (χ2v) is 3.53. The van der Waals surface area contributed by atoms with E-state index in [1.54, 1.807) is 13.3 Å². The molecule has 0 bridgehead atoms. The second-order valence-electron chi connectivity index (χ2n) is 3.53. The van der Waals surface area contributed by atoms with E-state index in [9.17, 15) is 5.11 Å². The van der Waals surface area contributed by atoms with Gasteiger partial charge in [0.15, 0.2) is 5.65 Å². The van der Waals surface area contributed by atoms with Crippen LogP contribution in [0.1, 0.15) is 12.2 Å². The Morgan fingerprint density at radius 3 is 3.12 bits per heavy atom. The third kappa shape index (κ3) is 2.05. The summed E-state index contributed by atoms with van der Waals surface area (Å²) >= 11 is 0. The first-order valence-electron chi connectivity index (χ1n) is 5.26. The molecule has 0 aliphatic rings. The van der Waals surface area contributed by atoms with E-state index in [1.807, 2.05) is 16.7 Å². The summed E-state index contributed by atoms with van der Waals surface area (Å²) in [6.07, 6.45) is 2.60. The van der Waals surface area contributed by atoms with Gasteiger partial charge in [-0.3, -0.25) is 0 Å². The van der Waals surface area contributed by atoms with E-state index < -0.39 is 0 Å². The molecule has 5 heteroatoms. The van der Waals surface area contributed by atoms with E-state index in [2.05, 4.69) is 9.97 Å². The molecule has 0 spiro atoms. The van der Waals surface area contributed by atoms with Crippen molar-refractivity contribution in [2.75, 3.05) is 13.7 Å². The number of rotatable bonds is 5. The Morgan fingerprint density at radius 1 is 1.50 bits per heavy atom. The lowest BCUT2D eigenvalue weighted by Crippen LogP contribution is -2.06. The molecule has 0 radical (unpaired) electrons. The number of imidazole rings is 1. The van der Waals surface area contributed by atoms with Crippen LogP contribution in [0.3, 0.4) is 0 Å². The molecule has 5 nitrogen and oxygen atoms in total. The SMILES string of the molecule is COCCCn1c(CO)nc2ncccc21. The minimum absolute atomic E-state index is 0.0661. The van der Waals surface area contributed by atoms with Gasteiger partial charge in [0.2, 0.25) is 0 Å². The predicted molar refractivity (Wildman–Crippen MR) is 59.9 cm³/mol. The number of methoxy groups -OCH3 is 1. The summed E-state index contributed by atoms with van der Waals surface area (Å²) in [5.41, 5.74) is 1.65. The van der Waals surface area contributed by atoms with Crippen molar-refractivity contribution in [2.24, 2.45) is 0 Å². The van der Waals surface area contributed by atoms with E-state index >= 15 is 0 Å². The number of fused-ring (bicyclic) bond motifs is 1. The number of hydrogen-bond acceptors (Lipinski definition) is 4. The molecule has 0 aromatic carbocycles. The third-order valence-corrected chi connectivity index (χ3v) is 2.48. The highest BCUT2D eigenvalue weighted by Crippen LogP contribution is 2.14. The summed E-state index contributed by atoms with van der Waals surface area (Å²) in [5, 5.41) is 9.23. The van der Waals surface area contributed by atoms with Crippen LogP contribution in [-0.2, 0) is 17.9 Å². The first kappa shape index (κ1) is 11.0. The number of aromatic nitrogens is 3. The maximum absolute atomic E-state index is 9.23. The van der Waals surface area contributed by atoms with Gasteiger partial charge in [-0.1, -0.05) is 0 Å². The molecular weight excluding hydrogens is 206 g/mol. The molecule has 1 N–H and O–H groups in total. The van der Waals surface area contributed by atoms with Crippen LogP contribution in [0.25, 0.3) is 11.2 Å². The van der Waals surface area contributed by atoms with Crippen molar-refractivity contribution in [1.82, 2.24) is 14.5 Å². The number of aliphatic hydroxyl groups is 1. The number of hydrogen-bond donors (Lipinski definition) is 1. The van der Waals surface area contributed by atoms with E-state index in [4.69, 9.17) is 4.74 Å². The quantitative estimate of drug-likeness (QED) is 0.764. The van der Waals surface area contributed by atoms with Gasteiger partial charge < -0.3 is 14.4 Å². The number of aliphatic hydroxyl groups excluding tert-OH is 1. The van der Waals surface area contributed by atoms with Gasteiger partial charge in [0.25, 0.3) is 0 Å². The number of aryl methyl sites for hydroxylation is 1. The van der Waals surface area contributed by atoms with Gasteiger partial charge in [0, 0.05) is 26.5 Å². The minimum Gasteiger partial charge on any atom is -0.388 e. The molecule has 2 aromatic heterocycles. The lowest BCUT2D eigenvalue weighted by atomic mass is 10.4. The molecule has 0 unspecified atom stereocenters. The van der Waals surface area contributed by atoms with Gasteiger partial charge in [-0.15, -0.1) is 0 Å². The summed E-state index contributed by atoms with van der Waals surface area (Å²) in [6.45, 7) is 1.42. The van der Waals surface area contributed by atoms with Crippen LogP contribution in [0.4, 0.5) is 0 Å². The van der Waals surface area contributed by atoms with Gasteiger partial charge in [0.05, 0.1) is 5.52 Å². The average molecular weight is 221 g/mol. The normalized spacial score (nSPS) is 11.1. The molecule has 0 atom stereocenters. The summed E-state index contributed by atoms with van der Waals surface area (Å²) in [5.74, 6) is 0.657. The smallest absolute Gasteiger partial charge is 0.177 e.